The minimum absolute atomic E-state index is 0.0620. The Balaban J connectivity index is 1.48. The van der Waals surface area contributed by atoms with Crippen molar-refractivity contribution in [2.75, 3.05) is 27.2 Å². The second-order valence-electron chi connectivity index (χ2n) is 7.34. The summed E-state index contributed by atoms with van der Waals surface area (Å²) in [6.07, 6.45) is 2.65. The van der Waals surface area contributed by atoms with Gasteiger partial charge in [-0.05, 0) is 25.0 Å². The first kappa shape index (κ1) is 17.7. The molecule has 0 aliphatic carbocycles. The number of methoxy groups -OCH3 is 1. The fourth-order valence-electron chi connectivity index (χ4n) is 4.09. The molecular weight excluding hydrogens is 344 g/mol. The van der Waals surface area contributed by atoms with Crippen molar-refractivity contribution in [3.63, 3.8) is 0 Å². The standard InChI is InChI=1S/C20H24N4O3/c1-23-14-8-7-13(20(23)26)11-24(12-14)18(25)10-9-17-19(27-2)22-16-6-4-3-5-15(16)21-17/h3-6,13-14H,7-12H2,1-2H3/t13-,14+/m1/s1. The van der Waals surface area contributed by atoms with Crippen LogP contribution in [0.5, 0.6) is 5.88 Å². The first-order valence-corrected chi connectivity index (χ1v) is 9.41. The van der Waals surface area contributed by atoms with Gasteiger partial charge in [-0.2, -0.15) is 0 Å². The molecule has 1 aromatic heterocycles. The van der Waals surface area contributed by atoms with E-state index in [1.165, 1.54) is 0 Å². The molecule has 1 aromatic carbocycles. The van der Waals surface area contributed by atoms with E-state index in [1.807, 2.05) is 41.1 Å². The van der Waals surface area contributed by atoms with Crippen molar-refractivity contribution in [3.05, 3.63) is 30.0 Å². The van der Waals surface area contributed by atoms with Gasteiger partial charge in [0.05, 0.1) is 24.1 Å². The number of aromatic nitrogens is 2. The Hall–Kier alpha value is -2.70. The van der Waals surface area contributed by atoms with E-state index in [0.717, 1.165) is 23.9 Å². The van der Waals surface area contributed by atoms with E-state index >= 15 is 0 Å². The summed E-state index contributed by atoms with van der Waals surface area (Å²) in [6.45, 7) is 1.15. The summed E-state index contributed by atoms with van der Waals surface area (Å²) < 4.78 is 5.37. The predicted octanol–water partition coefficient (Wildman–Crippen LogP) is 1.65. The van der Waals surface area contributed by atoms with E-state index in [4.69, 9.17) is 4.74 Å². The van der Waals surface area contributed by atoms with Crippen LogP contribution < -0.4 is 4.74 Å². The van der Waals surface area contributed by atoms with E-state index < -0.39 is 0 Å². The van der Waals surface area contributed by atoms with Crippen molar-refractivity contribution >= 4 is 22.8 Å². The molecule has 0 spiro atoms. The number of hydrogen-bond acceptors (Lipinski definition) is 5. The van der Waals surface area contributed by atoms with Gasteiger partial charge in [0, 0.05) is 39.0 Å². The molecule has 0 N–H and O–H groups in total. The van der Waals surface area contributed by atoms with Crippen LogP contribution in [0.3, 0.4) is 0 Å². The molecule has 3 fully saturated rings. The molecule has 2 atom stereocenters. The number of piperidine rings is 1. The molecule has 2 amide bonds. The zero-order chi connectivity index (χ0) is 19.0. The van der Waals surface area contributed by atoms with Gasteiger partial charge in [-0.3, -0.25) is 9.59 Å². The van der Waals surface area contributed by atoms with Crippen LogP contribution in [0.25, 0.3) is 11.0 Å². The number of hydrogen-bond donors (Lipinski definition) is 0. The molecule has 7 nitrogen and oxygen atoms in total. The number of carbonyl (C=O) groups is 2. The number of rotatable bonds is 4. The summed E-state index contributed by atoms with van der Waals surface area (Å²) in [4.78, 5) is 37.9. The van der Waals surface area contributed by atoms with Crippen LogP contribution in [0.1, 0.15) is 25.0 Å². The summed E-state index contributed by atoms with van der Waals surface area (Å²) in [5, 5.41) is 0. The molecule has 2 aromatic rings. The van der Waals surface area contributed by atoms with Crippen LogP contribution in [0.4, 0.5) is 0 Å². The third-order valence-corrected chi connectivity index (χ3v) is 5.69. The lowest BCUT2D eigenvalue weighted by molar-refractivity contribution is -0.138. The smallest absolute Gasteiger partial charge is 0.235 e. The minimum Gasteiger partial charge on any atom is -0.480 e. The Morgan fingerprint density at radius 2 is 1.93 bits per heavy atom. The van der Waals surface area contributed by atoms with Gasteiger partial charge in [-0.1, -0.05) is 12.1 Å². The summed E-state index contributed by atoms with van der Waals surface area (Å²) in [5.41, 5.74) is 2.26. The quantitative estimate of drug-likeness (QED) is 0.820. The Bertz CT molecular complexity index is 885. The third-order valence-electron chi connectivity index (χ3n) is 5.69. The molecule has 7 heteroatoms. The van der Waals surface area contributed by atoms with E-state index in [-0.39, 0.29) is 23.8 Å². The Labute approximate surface area is 158 Å². The van der Waals surface area contributed by atoms with Gasteiger partial charge >= 0.3 is 0 Å². The maximum absolute atomic E-state index is 12.8. The molecule has 3 aliphatic rings. The molecule has 4 heterocycles. The van der Waals surface area contributed by atoms with Gasteiger partial charge < -0.3 is 14.5 Å². The number of nitrogens with zero attached hydrogens (tertiary/aromatic N) is 4. The minimum atomic E-state index is -0.0623. The first-order chi connectivity index (χ1) is 13.1. The zero-order valence-corrected chi connectivity index (χ0v) is 15.7. The second kappa shape index (κ2) is 7.13. The molecular formula is C20H24N4O3. The van der Waals surface area contributed by atoms with E-state index in [2.05, 4.69) is 9.97 Å². The van der Waals surface area contributed by atoms with Crippen LogP contribution in [0.2, 0.25) is 0 Å². The topological polar surface area (TPSA) is 75.6 Å². The van der Waals surface area contributed by atoms with Crippen molar-refractivity contribution in [1.82, 2.24) is 19.8 Å². The highest BCUT2D eigenvalue weighted by molar-refractivity contribution is 5.83. The van der Waals surface area contributed by atoms with Crippen LogP contribution in [0, 0.1) is 5.92 Å². The average Bonchev–Trinajstić information content (AvgIpc) is 2.98. The second-order valence-corrected chi connectivity index (χ2v) is 7.34. The number of fused-ring (bicyclic) bond motifs is 5. The lowest BCUT2D eigenvalue weighted by Crippen LogP contribution is -2.45. The zero-order valence-electron chi connectivity index (χ0n) is 15.7. The summed E-state index contributed by atoms with van der Waals surface area (Å²) in [6, 6.07) is 7.75. The Morgan fingerprint density at radius 3 is 2.67 bits per heavy atom. The fraction of sp³-hybridized carbons (Fsp3) is 0.500. The summed E-state index contributed by atoms with van der Waals surface area (Å²) in [7, 11) is 3.42. The molecule has 27 heavy (non-hydrogen) atoms. The average molecular weight is 368 g/mol. The highest BCUT2D eigenvalue weighted by atomic mass is 16.5. The van der Waals surface area contributed by atoms with Gasteiger partial charge in [0.1, 0.15) is 5.69 Å². The maximum atomic E-state index is 12.8. The molecule has 0 radical (unpaired) electrons. The highest BCUT2D eigenvalue weighted by Crippen LogP contribution is 2.28. The van der Waals surface area contributed by atoms with Gasteiger partial charge in [0.2, 0.25) is 17.7 Å². The van der Waals surface area contributed by atoms with Crippen LogP contribution in [-0.4, -0.2) is 64.9 Å². The Morgan fingerprint density at radius 1 is 1.19 bits per heavy atom. The van der Waals surface area contributed by atoms with Crippen molar-refractivity contribution in [2.24, 2.45) is 5.92 Å². The van der Waals surface area contributed by atoms with Crippen LogP contribution in [-0.2, 0) is 16.0 Å². The number of amides is 2. The summed E-state index contributed by atoms with van der Waals surface area (Å²) in [5.74, 6) is 0.635. The molecule has 5 rings (SSSR count). The van der Waals surface area contributed by atoms with Crippen molar-refractivity contribution in [2.45, 2.75) is 31.7 Å². The molecule has 3 aliphatic heterocycles. The number of carbonyl (C=O) groups excluding carboxylic acids is 2. The van der Waals surface area contributed by atoms with Gasteiger partial charge in [-0.15, -0.1) is 0 Å². The lowest BCUT2D eigenvalue weighted by Gasteiger charge is -2.32. The van der Waals surface area contributed by atoms with Crippen LogP contribution in [0.15, 0.2) is 24.3 Å². The van der Waals surface area contributed by atoms with Crippen LogP contribution >= 0.6 is 0 Å². The summed E-state index contributed by atoms with van der Waals surface area (Å²) >= 11 is 0. The molecule has 0 unspecified atom stereocenters. The largest absolute Gasteiger partial charge is 0.480 e. The van der Waals surface area contributed by atoms with E-state index in [0.29, 0.717) is 37.5 Å². The van der Waals surface area contributed by atoms with Gasteiger partial charge in [0.15, 0.2) is 0 Å². The van der Waals surface area contributed by atoms with Crippen molar-refractivity contribution in [3.8, 4) is 5.88 Å². The van der Waals surface area contributed by atoms with E-state index in [1.54, 1.807) is 7.11 Å². The van der Waals surface area contributed by atoms with E-state index in [9.17, 15) is 9.59 Å². The Kier molecular flexibility index (Phi) is 4.68. The fourth-order valence-corrected chi connectivity index (χ4v) is 4.09. The first-order valence-electron chi connectivity index (χ1n) is 9.41. The van der Waals surface area contributed by atoms with Crippen molar-refractivity contribution < 1.29 is 14.3 Å². The van der Waals surface area contributed by atoms with Gasteiger partial charge in [0.25, 0.3) is 0 Å². The normalized spacial score (nSPS) is 22.2. The maximum Gasteiger partial charge on any atom is 0.235 e. The number of likely N-dealkylation sites (N-methyl/N-ethyl adjacent to an activating group) is 1. The number of aryl methyl sites for hydroxylation is 1. The number of para-hydroxylation sites is 2. The monoisotopic (exact) mass is 368 g/mol. The third kappa shape index (κ3) is 3.34. The lowest BCUT2D eigenvalue weighted by atomic mass is 9.95. The number of benzene rings is 1. The SMILES string of the molecule is COc1nc2ccccc2nc1CCC(=O)N1C[C@H]2CC[C@@H](C1)N(C)C2=O. The van der Waals surface area contributed by atoms with Crippen molar-refractivity contribution in [1.29, 1.82) is 0 Å². The predicted molar refractivity (Wildman–Crippen MR) is 100 cm³/mol. The molecule has 0 saturated carbocycles. The highest BCUT2D eigenvalue weighted by Gasteiger charge is 2.39. The molecule has 3 saturated heterocycles. The number of ether oxygens (including phenoxy) is 1. The molecule has 2 bridgehead atoms. The molecule has 142 valence electrons. The van der Waals surface area contributed by atoms with Gasteiger partial charge in [-0.25, -0.2) is 9.97 Å².